The molecule has 24 heavy (non-hydrogen) atoms. The lowest BCUT2D eigenvalue weighted by atomic mass is 9.45. The van der Waals surface area contributed by atoms with Crippen molar-refractivity contribution in [3.8, 4) is 0 Å². The average molecular weight is 333 g/mol. The number of hydrogen-bond donors (Lipinski definition) is 0. The van der Waals surface area contributed by atoms with Crippen molar-refractivity contribution < 1.29 is 4.74 Å². The minimum atomic E-state index is 0.0148. The van der Waals surface area contributed by atoms with Crippen LogP contribution < -0.4 is 0 Å². The summed E-state index contributed by atoms with van der Waals surface area (Å²) in [7, 11) is 0. The largest absolute Gasteiger partial charge is 0.373 e. The topological polar surface area (TPSA) is 9.23 Å². The molecule has 0 heterocycles. The van der Waals surface area contributed by atoms with E-state index < -0.39 is 0 Å². The van der Waals surface area contributed by atoms with Crippen LogP contribution in [-0.2, 0) is 4.74 Å². The highest BCUT2D eigenvalue weighted by Crippen LogP contribution is 2.66. The van der Waals surface area contributed by atoms with Crippen LogP contribution in [0.5, 0.6) is 0 Å². The van der Waals surface area contributed by atoms with Crippen molar-refractivity contribution in [2.75, 3.05) is 0 Å². The maximum Gasteiger partial charge on any atom is 0.0602 e. The molecule has 0 aromatic rings. The molecule has 0 saturated heterocycles. The number of rotatable bonds is 1. The van der Waals surface area contributed by atoms with E-state index in [-0.39, 0.29) is 5.60 Å². The van der Waals surface area contributed by atoms with Gasteiger partial charge in [-0.05, 0) is 107 Å². The molecule has 4 aliphatic carbocycles. The van der Waals surface area contributed by atoms with Gasteiger partial charge in [0.15, 0.2) is 0 Å². The maximum atomic E-state index is 6.47. The third kappa shape index (κ3) is 2.78. The fraction of sp³-hybridized carbons (Fsp3) is 1.00. The fourth-order valence-electron chi connectivity index (χ4n) is 7.88. The molecule has 0 bridgehead atoms. The van der Waals surface area contributed by atoms with Crippen LogP contribution in [0.4, 0.5) is 0 Å². The molecule has 1 heteroatoms. The van der Waals surface area contributed by atoms with Crippen molar-refractivity contribution in [3.05, 3.63) is 0 Å². The van der Waals surface area contributed by atoms with E-state index in [0.29, 0.717) is 16.9 Å². The summed E-state index contributed by atoms with van der Waals surface area (Å²) in [6, 6.07) is 0. The fourth-order valence-corrected chi connectivity index (χ4v) is 7.88. The monoisotopic (exact) mass is 332 g/mol. The first-order valence-electron chi connectivity index (χ1n) is 10.9. The Bertz CT molecular complexity index is 477. The molecule has 4 rings (SSSR count). The Balaban J connectivity index is 1.55. The van der Waals surface area contributed by atoms with Gasteiger partial charge in [0.2, 0.25) is 0 Å². The molecular weight excluding hydrogens is 292 g/mol. The molecule has 1 nitrogen and oxygen atoms in total. The summed E-state index contributed by atoms with van der Waals surface area (Å²) in [5.41, 5.74) is 1.25. The molecule has 4 saturated carbocycles. The van der Waals surface area contributed by atoms with Crippen molar-refractivity contribution in [1.29, 1.82) is 0 Å². The van der Waals surface area contributed by atoms with Gasteiger partial charge in [0.1, 0.15) is 0 Å². The second-order valence-electron chi connectivity index (χ2n) is 11.4. The average Bonchev–Trinajstić information content (AvgIpc) is 2.80. The maximum absolute atomic E-state index is 6.47. The molecule has 0 radical (unpaired) electrons. The SMILES string of the molecule is CC(C)(C)O[C@H]1C[C@H]2[C@@H]3CC[C@H]4CCCC[C@]4(C)[C@H]3CC[C@]2(C)C1. The highest BCUT2D eigenvalue weighted by Gasteiger charge is 2.58. The summed E-state index contributed by atoms with van der Waals surface area (Å²) in [5.74, 6) is 3.99. The van der Waals surface area contributed by atoms with Crippen LogP contribution in [0, 0.1) is 34.5 Å². The zero-order chi connectivity index (χ0) is 17.2. The molecule has 0 aromatic carbocycles. The Morgan fingerprint density at radius 1 is 0.875 bits per heavy atom. The normalized spacial score (nSPS) is 51.6. The summed E-state index contributed by atoms with van der Waals surface area (Å²) in [5, 5.41) is 0. The standard InChI is InChI=1S/C23H40O/c1-21(2,3)24-17-14-20-18-10-9-16-8-6-7-12-23(16,5)19(18)11-13-22(20,4)15-17/h16-20H,6-15H2,1-5H3/t16-,17+,18-,19+,20+,22-,23+/m1/s1. The number of ether oxygens (including phenoxy) is 1. The number of fused-ring (bicyclic) bond motifs is 5. The van der Waals surface area contributed by atoms with E-state index in [0.717, 1.165) is 23.7 Å². The van der Waals surface area contributed by atoms with Gasteiger partial charge in [0.05, 0.1) is 11.7 Å². The van der Waals surface area contributed by atoms with Crippen LogP contribution in [0.15, 0.2) is 0 Å². The quantitative estimate of drug-likeness (QED) is 0.525. The highest BCUT2D eigenvalue weighted by molar-refractivity contribution is 5.08. The van der Waals surface area contributed by atoms with Crippen molar-refractivity contribution in [2.24, 2.45) is 34.5 Å². The van der Waals surface area contributed by atoms with E-state index in [9.17, 15) is 0 Å². The first-order valence-corrected chi connectivity index (χ1v) is 10.9. The summed E-state index contributed by atoms with van der Waals surface area (Å²) in [6.07, 6.45) is 15.2. The van der Waals surface area contributed by atoms with Crippen LogP contribution in [0.2, 0.25) is 0 Å². The van der Waals surface area contributed by atoms with E-state index in [4.69, 9.17) is 4.74 Å². The lowest BCUT2D eigenvalue weighted by molar-refractivity contribution is -0.103. The molecule has 0 spiro atoms. The molecule has 7 atom stereocenters. The molecule has 0 unspecified atom stereocenters. The lowest BCUT2D eigenvalue weighted by Gasteiger charge is -2.60. The van der Waals surface area contributed by atoms with Crippen LogP contribution in [0.3, 0.4) is 0 Å². The summed E-state index contributed by atoms with van der Waals surface area (Å²) >= 11 is 0. The Kier molecular flexibility index (Phi) is 4.15. The minimum Gasteiger partial charge on any atom is -0.373 e. The molecule has 138 valence electrons. The second kappa shape index (κ2) is 5.73. The number of hydrogen-bond acceptors (Lipinski definition) is 1. The van der Waals surface area contributed by atoms with E-state index in [1.165, 1.54) is 64.2 Å². The van der Waals surface area contributed by atoms with Crippen LogP contribution in [0.1, 0.15) is 98.8 Å². The molecule has 0 aliphatic heterocycles. The zero-order valence-corrected chi connectivity index (χ0v) is 16.9. The van der Waals surface area contributed by atoms with Crippen molar-refractivity contribution in [2.45, 2.75) is 111 Å². The second-order valence-corrected chi connectivity index (χ2v) is 11.4. The molecule has 0 aromatic heterocycles. The van der Waals surface area contributed by atoms with Crippen LogP contribution in [0.25, 0.3) is 0 Å². The predicted octanol–water partition coefficient (Wildman–Crippen LogP) is 6.60. The van der Waals surface area contributed by atoms with Gasteiger partial charge >= 0.3 is 0 Å². The van der Waals surface area contributed by atoms with Gasteiger partial charge in [-0.25, -0.2) is 0 Å². The van der Waals surface area contributed by atoms with Crippen LogP contribution >= 0.6 is 0 Å². The molecule has 0 N–H and O–H groups in total. The van der Waals surface area contributed by atoms with Crippen molar-refractivity contribution in [1.82, 2.24) is 0 Å². The van der Waals surface area contributed by atoms with Gasteiger partial charge < -0.3 is 4.74 Å². The van der Waals surface area contributed by atoms with E-state index in [2.05, 4.69) is 34.6 Å². The van der Waals surface area contributed by atoms with Crippen molar-refractivity contribution >= 4 is 0 Å². The Labute approximate surface area is 150 Å². The van der Waals surface area contributed by atoms with Gasteiger partial charge in [-0.1, -0.05) is 26.7 Å². The van der Waals surface area contributed by atoms with Gasteiger partial charge in [-0.2, -0.15) is 0 Å². The lowest BCUT2D eigenvalue weighted by Crippen LogP contribution is -2.51. The zero-order valence-electron chi connectivity index (χ0n) is 16.9. The third-order valence-corrected chi connectivity index (χ3v) is 8.83. The van der Waals surface area contributed by atoms with Gasteiger partial charge in [0.25, 0.3) is 0 Å². The minimum absolute atomic E-state index is 0.0148. The van der Waals surface area contributed by atoms with Crippen LogP contribution in [-0.4, -0.2) is 11.7 Å². The van der Waals surface area contributed by atoms with Gasteiger partial charge in [0, 0.05) is 0 Å². The Hall–Kier alpha value is -0.0400. The third-order valence-electron chi connectivity index (χ3n) is 8.83. The Morgan fingerprint density at radius 2 is 1.67 bits per heavy atom. The van der Waals surface area contributed by atoms with E-state index in [1.807, 2.05) is 0 Å². The molecule has 4 fully saturated rings. The van der Waals surface area contributed by atoms with E-state index >= 15 is 0 Å². The smallest absolute Gasteiger partial charge is 0.0602 e. The molecular formula is C23H40O. The molecule has 4 aliphatic rings. The summed E-state index contributed by atoms with van der Waals surface area (Å²) < 4.78 is 6.47. The van der Waals surface area contributed by atoms with E-state index in [1.54, 1.807) is 0 Å². The highest BCUT2D eigenvalue weighted by atomic mass is 16.5. The first-order chi connectivity index (χ1) is 11.2. The van der Waals surface area contributed by atoms with Gasteiger partial charge in [-0.15, -0.1) is 0 Å². The summed E-state index contributed by atoms with van der Waals surface area (Å²) in [6.45, 7) is 12.0. The summed E-state index contributed by atoms with van der Waals surface area (Å²) in [4.78, 5) is 0. The first kappa shape index (κ1) is 17.4. The van der Waals surface area contributed by atoms with Gasteiger partial charge in [-0.3, -0.25) is 0 Å². The van der Waals surface area contributed by atoms with Crippen molar-refractivity contribution in [3.63, 3.8) is 0 Å². The molecule has 0 amide bonds. The predicted molar refractivity (Wildman–Crippen MR) is 101 cm³/mol. The Morgan fingerprint density at radius 3 is 2.42 bits per heavy atom.